The van der Waals surface area contributed by atoms with Crippen molar-refractivity contribution in [2.75, 3.05) is 14.1 Å². The van der Waals surface area contributed by atoms with Gasteiger partial charge in [0.05, 0.1) is 17.4 Å². The maximum Gasteiger partial charge on any atom is 0.204 e. The minimum atomic E-state index is 0.766. The van der Waals surface area contributed by atoms with Crippen LogP contribution in [0.25, 0.3) is 0 Å². The number of aromatic nitrogens is 2. The van der Waals surface area contributed by atoms with Crippen LogP contribution < -0.4 is 4.57 Å². The molecule has 0 bridgehead atoms. The van der Waals surface area contributed by atoms with E-state index in [-0.39, 0.29) is 0 Å². The van der Waals surface area contributed by atoms with E-state index in [0.717, 1.165) is 18.4 Å². The third-order valence-corrected chi connectivity index (χ3v) is 3.20. The molecule has 4 nitrogen and oxygen atoms in total. The third-order valence-electron chi connectivity index (χ3n) is 3.20. The highest BCUT2D eigenvalue weighted by Crippen LogP contribution is 2.09. The van der Waals surface area contributed by atoms with E-state index in [1.54, 1.807) is 7.05 Å². The van der Waals surface area contributed by atoms with Gasteiger partial charge in [0.2, 0.25) is 6.67 Å². The Morgan fingerprint density at radius 2 is 2.37 bits per heavy atom. The van der Waals surface area contributed by atoms with Crippen LogP contribution in [0.15, 0.2) is 41.7 Å². The molecule has 2 rings (SSSR count). The molecule has 0 unspecified atom stereocenters. The summed E-state index contributed by atoms with van der Waals surface area (Å²) in [5.41, 5.74) is 2.27. The van der Waals surface area contributed by atoms with Crippen LogP contribution in [0.3, 0.4) is 0 Å². The summed E-state index contributed by atoms with van der Waals surface area (Å²) < 4.78 is 6.24. The highest BCUT2D eigenvalue weighted by atomic mass is 15.2. The first-order valence-electron chi connectivity index (χ1n) is 6.24. The smallest absolute Gasteiger partial charge is 0.204 e. The second-order valence-corrected chi connectivity index (χ2v) is 4.58. The molecule has 0 saturated heterocycles. The molecule has 2 heterocycles. The molecule has 4 heteroatoms. The summed E-state index contributed by atoms with van der Waals surface area (Å²) in [4.78, 5) is 4.08. The molecular weight excluding hydrogens is 236 g/mol. The molecule has 0 aliphatic carbocycles. The molecule has 0 atom stereocenters. The zero-order chi connectivity index (χ0) is 13.8. The van der Waals surface area contributed by atoms with E-state index >= 15 is 0 Å². The molecule has 0 aliphatic heterocycles. The maximum absolute atomic E-state index is 4.08. The fourth-order valence-corrected chi connectivity index (χ4v) is 2.03. The zero-order valence-electron chi connectivity index (χ0n) is 11.7. The normalized spacial score (nSPS) is 11.1. The molecule has 0 spiro atoms. The van der Waals surface area contributed by atoms with E-state index in [1.807, 2.05) is 23.9 Å². The van der Waals surface area contributed by atoms with E-state index in [9.17, 15) is 0 Å². The fraction of sp³-hybridized carbons (Fsp3) is 0.267. The quantitative estimate of drug-likeness (QED) is 0.437. The number of aliphatic imine (C=N–C) groups is 1. The lowest BCUT2D eigenvalue weighted by atomic mass is 10.2. The first kappa shape index (κ1) is 13.2. The van der Waals surface area contributed by atoms with Crippen molar-refractivity contribution in [2.45, 2.75) is 13.6 Å². The number of hydrogen-bond acceptors (Lipinski definition) is 1. The van der Waals surface area contributed by atoms with Gasteiger partial charge in [0.1, 0.15) is 7.05 Å². The molecule has 2 aromatic heterocycles. The molecule has 0 aromatic carbocycles. The molecule has 0 fully saturated rings. The number of rotatable bonds is 5. The molecule has 0 N–H and O–H groups in total. The molecular formula is C15H20N4. The molecule has 0 radical (unpaired) electrons. The van der Waals surface area contributed by atoms with Gasteiger partial charge in [-0.2, -0.15) is 0 Å². The fourth-order valence-electron chi connectivity index (χ4n) is 2.03. The minimum Gasteiger partial charge on any atom is -0.322 e. The lowest BCUT2D eigenvalue weighted by Gasteiger charge is -2.16. The van der Waals surface area contributed by atoms with Gasteiger partial charge in [-0.15, -0.1) is 0 Å². The van der Waals surface area contributed by atoms with Gasteiger partial charge in [0.15, 0.2) is 0 Å². The molecule has 0 aliphatic rings. The van der Waals surface area contributed by atoms with Gasteiger partial charge in [-0.25, -0.2) is 12.1 Å². The van der Waals surface area contributed by atoms with Crippen molar-refractivity contribution in [2.24, 2.45) is 4.99 Å². The topological polar surface area (TPSA) is 24.2 Å². The molecule has 2 aromatic rings. The molecule has 19 heavy (non-hydrogen) atoms. The van der Waals surface area contributed by atoms with Crippen LogP contribution in [-0.4, -0.2) is 36.2 Å². The van der Waals surface area contributed by atoms with Gasteiger partial charge in [-0.1, -0.05) is 0 Å². The summed E-state index contributed by atoms with van der Waals surface area (Å²) in [6.45, 7) is 6.77. The largest absolute Gasteiger partial charge is 0.322 e. The Bertz CT molecular complexity index is 589. The number of hydrogen-bond donors (Lipinski definition) is 0. The number of nitrogens with zero attached hydrogens (tertiary/aromatic N) is 4. The van der Waals surface area contributed by atoms with Gasteiger partial charge in [-0.3, -0.25) is 9.56 Å². The summed E-state index contributed by atoms with van der Waals surface area (Å²) in [6.07, 6.45) is 6.01. The van der Waals surface area contributed by atoms with Crippen molar-refractivity contribution in [3.8, 4) is 0 Å². The van der Waals surface area contributed by atoms with Crippen molar-refractivity contribution < 1.29 is 9.14 Å². The summed E-state index contributed by atoms with van der Waals surface area (Å²) in [7, 11) is 3.74. The summed E-state index contributed by atoms with van der Waals surface area (Å²) >= 11 is 0. The Balaban J connectivity index is 2.27. The SMILES string of the molecule is C=[N+](C)[C-](C)[c-]1ccc[n+]1Cn1cccc1C=NC. The van der Waals surface area contributed by atoms with Crippen LogP contribution in [0, 0.1) is 6.04 Å². The predicted octanol–water partition coefficient (Wildman–Crippen LogP) is 1.29. The Morgan fingerprint density at radius 3 is 3.05 bits per heavy atom. The van der Waals surface area contributed by atoms with Gasteiger partial charge in [0.25, 0.3) is 0 Å². The van der Waals surface area contributed by atoms with E-state index in [4.69, 9.17) is 0 Å². The summed E-state index contributed by atoms with van der Waals surface area (Å²) in [5.74, 6) is 0. The second-order valence-electron chi connectivity index (χ2n) is 4.58. The first-order valence-corrected chi connectivity index (χ1v) is 6.24. The van der Waals surface area contributed by atoms with E-state index < -0.39 is 0 Å². The van der Waals surface area contributed by atoms with Gasteiger partial charge >= 0.3 is 0 Å². The van der Waals surface area contributed by atoms with Crippen LogP contribution >= 0.6 is 0 Å². The van der Waals surface area contributed by atoms with Crippen molar-refractivity contribution in [3.63, 3.8) is 0 Å². The summed E-state index contributed by atoms with van der Waals surface area (Å²) in [5, 5.41) is 0. The van der Waals surface area contributed by atoms with Gasteiger partial charge in [-0.05, 0) is 19.1 Å². The molecule has 100 valence electrons. The predicted molar refractivity (Wildman–Crippen MR) is 76.9 cm³/mol. The average molecular weight is 256 g/mol. The van der Waals surface area contributed by atoms with Crippen molar-refractivity contribution in [1.29, 1.82) is 0 Å². The van der Waals surface area contributed by atoms with Crippen molar-refractivity contribution >= 4 is 12.9 Å². The van der Waals surface area contributed by atoms with Crippen LogP contribution in [-0.2, 0) is 6.67 Å². The Morgan fingerprint density at radius 1 is 1.58 bits per heavy atom. The third kappa shape index (κ3) is 2.78. The van der Waals surface area contributed by atoms with Crippen LogP contribution in [0.2, 0.25) is 0 Å². The summed E-state index contributed by atoms with van der Waals surface area (Å²) in [6, 6.07) is 9.39. The Hall–Kier alpha value is -2.23. The molecule has 0 saturated carbocycles. The first-order chi connectivity index (χ1) is 9.13. The van der Waals surface area contributed by atoms with Crippen molar-refractivity contribution in [1.82, 2.24) is 4.57 Å². The van der Waals surface area contributed by atoms with Crippen LogP contribution in [0.1, 0.15) is 18.3 Å². The standard InChI is InChI=1S/C15H20N4/c1-13(17(3)4)15-8-6-10-19(15)12-18-9-5-7-14(18)11-16-2/h5-11H,3,12H2,1-2,4H3. The lowest BCUT2D eigenvalue weighted by molar-refractivity contribution is -0.711. The van der Waals surface area contributed by atoms with E-state index in [1.165, 1.54) is 5.69 Å². The highest BCUT2D eigenvalue weighted by Gasteiger charge is 2.11. The monoisotopic (exact) mass is 256 g/mol. The lowest BCUT2D eigenvalue weighted by Crippen LogP contribution is -2.41. The average Bonchev–Trinajstić information content (AvgIpc) is 2.99. The Labute approximate surface area is 114 Å². The van der Waals surface area contributed by atoms with Crippen molar-refractivity contribution in [3.05, 3.63) is 54.1 Å². The van der Waals surface area contributed by atoms with Gasteiger partial charge in [0, 0.05) is 32.4 Å². The van der Waals surface area contributed by atoms with E-state index in [2.05, 4.69) is 58.4 Å². The second kappa shape index (κ2) is 5.61. The zero-order valence-corrected chi connectivity index (χ0v) is 11.7. The van der Waals surface area contributed by atoms with E-state index in [0.29, 0.717) is 0 Å². The highest BCUT2D eigenvalue weighted by molar-refractivity contribution is 5.77. The van der Waals surface area contributed by atoms with Crippen LogP contribution in [0.4, 0.5) is 0 Å². The van der Waals surface area contributed by atoms with Crippen LogP contribution in [0.5, 0.6) is 0 Å². The molecule has 0 amide bonds. The van der Waals surface area contributed by atoms with Gasteiger partial charge < -0.3 is 9.14 Å². The maximum atomic E-state index is 4.08. The Kier molecular flexibility index (Phi) is 3.90. The minimum absolute atomic E-state index is 0.766.